The lowest BCUT2D eigenvalue weighted by atomic mass is 9.63. The number of esters is 1. The van der Waals surface area contributed by atoms with Crippen molar-refractivity contribution in [3.8, 4) is 0 Å². The molecule has 0 aromatic heterocycles. The zero-order chi connectivity index (χ0) is 10.8. The number of aliphatic hydroxyl groups is 1. The quantitative estimate of drug-likeness (QED) is 0.565. The van der Waals surface area contributed by atoms with Crippen LogP contribution in [0.4, 0.5) is 0 Å². The van der Waals surface area contributed by atoms with Crippen LogP contribution in [0.3, 0.4) is 0 Å². The monoisotopic (exact) mass is 210 g/mol. The normalized spacial score (nSPS) is 38.0. The summed E-state index contributed by atoms with van der Waals surface area (Å²) in [7, 11) is 0. The number of rotatable bonds is 3. The third kappa shape index (κ3) is 2.07. The van der Waals surface area contributed by atoms with Gasteiger partial charge >= 0.3 is 5.97 Å². The zero-order valence-corrected chi connectivity index (χ0v) is 9.06. The van der Waals surface area contributed by atoms with Crippen molar-refractivity contribution in [2.75, 3.05) is 13.2 Å². The molecule has 3 nitrogen and oxygen atoms in total. The van der Waals surface area contributed by atoms with Gasteiger partial charge in [0.25, 0.3) is 0 Å². The number of ether oxygens (including phenoxy) is 1. The third-order valence-electron chi connectivity index (χ3n) is 3.78. The molecule has 15 heavy (non-hydrogen) atoms. The molecule has 4 atom stereocenters. The maximum atomic E-state index is 10.8. The molecule has 0 aromatic carbocycles. The molecule has 0 spiro atoms. The smallest absolute Gasteiger partial charge is 0.302 e. The van der Waals surface area contributed by atoms with Crippen LogP contribution in [0.5, 0.6) is 0 Å². The van der Waals surface area contributed by atoms with Gasteiger partial charge in [0.15, 0.2) is 0 Å². The van der Waals surface area contributed by atoms with E-state index < -0.39 is 0 Å². The van der Waals surface area contributed by atoms with Crippen LogP contribution in [-0.2, 0) is 9.53 Å². The average molecular weight is 210 g/mol. The SMILES string of the molecule is CC(=O)OC[C@H]1C(CO)C2C=C[C@H]1CC2. The molecule has 1 fully saturated rings. The predicted molar refractivity (Wildman–Crippen MR) is 56.1 cm³/mol. The van der Waals surface area contributed by atoms with Gasteiger partial charge in [-0.2, -0.15) is 0 Å². The molecule has 0 saturated heterocycles. The largest absolute Gasteiger partial charge is 0.466 e. The van der Waals surface area contributed by atoms with Crippen LogP contribution < -0.4 is 0 Å². The van der Waals surface area contributed by atoms with Gasteiger partial charge in [0.2, 0.25) is 0 Å². The lowest BCUT2D eigenvalue weighted by molar-refractivity contribution is -0.144. The number of allylic oxidation sites excluding steroid dienone is 2. The highest BCUT2D eigenvalue weighted by molar-refractivity contribution is 5.65. The maximum Gasteiger partial charge on any atom is 0.302 e. The molecule has 2 unspecified atom stereocenters. The Balaban J connectivity index is 2.02. The van der Waals surface area contributed by atoms with Crippen LogP contribution in [0.25, 0.3) is 0 Å². The molecule has 3 heteroatoms. The van der Waals surface area contributed by atoms with Crippen LogP contribution in [0, 0.1) is 23.7 Å². The number of carbonyl (C=O) groups is 1. The summed E-state index contributed by atoms with van der Waals surface area (Å²) in [6.45, 7) is 2.11. The second-order valence-electron chi connectivity index (χ2n) is 4.60. The van der Waals surface area contributed by atoms with Gasteiger partial charge in [-0.05, 0) is 30.6 Å². The number of carbonyl (C=O) groups excluding carboxylic acids is 1. The minimum Gasteiger partial charge on any atom is -0.466 e. The van der Waals surface area contributed by atoms with Gasteiger partial charge in [0.1, 0.15) is 0 Å². The molecular formula is C12H18O3. The molecule has 0 aliphatic heterocycles. The summed E-state index contributed by atoms with van der Waals surface area (Å²) < 4.78 is 5.08. The van der Waals surface area contributed by atoms with Crippen LogP contribution in [0.1, 0.15) is 19.8 Å². The molecule has 1 saturated carbocycles. The Hall–Kier alpha value is -0.830. The van der Waals surface area contributed by atoms with E-state index in [-0.39, 0.29) is 18.5 Å². The maximum absolute atomic E-state index is 10.8. The van der Waals surface area contributed by atoms with E-state index in [4.69, 9.17) is 4.74 Å². The number of hydrogen-bond acceptors (Lipinski definition) is 3. The highest BCUT2D eigenvalue weighted by atomic mass is 16.5. The molecule has 0 aromatic rings. The fraction of sp³-hybridized carbons (Fsp3) is 0.750. The van der Waals surface area contributed by atoms with E-state index >= 15 is 0 Å². The van der Waals surface area contributed by atoms with E-state index in [0.29, 0.717) is 24.4 Å². The van der Waals surface area contributed by atoms with Crippen molar-refractivity contribution in [3.05, 3.63) is 12.2 Å². The van der Waals surface area contributed by atoms with E-state index in [1.54, 1.807) is 0 Å². The average Bonchev–Trinajstić information content (AvgIpc) is 2.27. The summed E-state index contributed by atoms with van der Waals surface area (Å²) >= 11 is 0. The minimum atomic E-state index is -0.225. The van der Waals surface area contributed by atoms with E-state index in [9.17, 15) is 9.90 Å². The molecule has 0 radical (unpaired) electrons. The van der Waals surface area contributed by atoms with Crippen LogP contribution in [0.15, 0.2) is 12.2 Å². The predicted octanol–water partition coefficient (Wildman–Crippen LogP) is 1.37. The Bertz CT molecular complexity index is 272. The fourth-order valence-electron chi connectivity index (χ4n) is 2.94. The summed E-state index contributed by atoms with van der Waals surface area (Å²) in [5.41, 5.74) is 0. The van der Waals surface area contributed by atoms with Gasteiger partial charge in [-0.3, -0.25) is 4.79 Å². The summed E-state index contributed by atoms with van der Waals surface area (Å²) in [5, 5.41) is 9.37. The van der Waals surface area contributed by atoms with E-state index in [2.05, 4.69) is 12.2 Å². The Kier molecular flexibility index (Phi) is 3.10. The lowest BCUT2D eigenvalue weighted by Crippen LogP contribution is -2.41. The second kappa shape index (κ2) is 4.35. The Morgan fingerprint density at radius 1 is 1.33 bits per heavy atom. The standard InChI is InChI=1S/C12H18O3/c1-8(14)15-7-12-10-4-2-9(3-5-10)11(12)6-13/h2,4,9-13H,3,5-7H2,1H3/t9?,10-,11?,12+/m0/s1. The van der Waals surface area contributed by atoms with E-state index in [1.807, 2.05) is 0 Å². The van der Waals surface area contributed by atoms with Gasteiger partial charge in [-0.15, -0.1) is 0 Å². The topological polar surface area (TPSA) is 46.5 Å². The van der Waals surface area contributed by atoms with Gasteiger partial charge in [-0.1, -0.05) is 12.2 Å². The summed E-state index contributed by atoms with van der Waals surface area (Å²) in [5.74, 6) is 1.36. The van der Waals surface area contributed by atoms with Crippen LogP contribution in [-0.4, -0.2) is 24.3 Å². The zero-order valence-electron chi connectivity index (χ0n) is 9.06. The Morgan fingerprint density at radius 2 is 1.93 bits per heavy atom. The molecule has 84 valence electrons. The highest BCUT2D eigenvalue weighted by Gasteiger charge is 2.40. The molecular weight excluding hydrogens is 192 g/mol. The lowest BCUT2D eigenvalue weighted by Gasteiger charge is -2.43. The summed E-state index contributed by atoms with van der Waals surface area (Å²) in [6.07, 6.45) is 6.79. The molecule has 1 N–H and O–H groups in total. The van der Waals surface area contributed by atoms with Crippen molar-refractivity contribution in [2.45, 2.75) is 19.8 Å². The first-order valence-electron chi connectivity index (χ1n) is 5.65. The molecule has 0 heterocycles. The van der Waals surface area contributed by atoms with Crippen LogP contribution in [0.2, 0.25) is 0 Å². The van der Waals surface area contributed by atoms with Gasteiger partial charge in [0.05, 0.1) is 6.61 Å². The van der Waals surface area contributed by atoms with Gasteiger partial charge < -0.3 is 9.84 Å². The van der Waals surface area contributed by atoms with Crippen molar-refractivity contribution in [2.24, 2.45) is 23.7 Å². The first kappa shape index (κ1) is 10.7. The van der Waals surface area contributed by atoms with Gasteiger partial charge in [-0.25, -0.2) is 0 Å². The van der Waals surface area contributed by atoms with Crippen molar-refractivity contribution < 1.29 is 14.6 Å². The van der Waals surface area contributed by atoms with E-state index in [0.717, 1.165) is 0 Å². The number of hydrogen-bond donors (Lipinski definition) is 1. The van der Waals surface area contributed by atoms with Crippen molar-refractivity contribution in [1.82, 2.24) is 0 Å². The minimum absolute atomic E-state index is 0.206. The van der Waals surface area contributed by atoms with E-state index in [1.165, 1.54) is 19.8 Å². The first-order valence-corrected chi connectivity index (χ1v) is 5.65. The van der Waals surface area contributed by atoms with Crippen molar-refractivity contribution in [3.63, 3.8) is 0 Å². The second-order valence-corrected chi connectivity index (χ2v) is 4.60. The van der Waals surface area contributed by atoms with Crippen LogP contribution >= 0.6 is 0 Å². The fourth-order valence-corrected chi connectivity index (χ4v) is 2.94. The molecule has 3 aliphatic rings. The first-order chi connectivity index (χ1) is 7.22. The van der Waals surface area contributed by atoms with Crippen molar-refractivity contribution >= 4 is 5.97 Å². The third-order valence-corrected chi connectivity index (χ3v) is 3.78. The molecule has 3 aliphatic carbocycles. The molecule has 0 amide bonds. The summed E-state index contributed by atoms with van der Waals surface area (Å²) in [4.78, 5) is 10.8. The summed E-state index contributed by atoms with van der Waals surface area (Å²) in [6, 6.07) is 0. The molecule has 3 rings (SSSR count). The van der Waals surface area contributed by atoms with Gasteiger partial charge in [0, 0.05) is 19.4 Å². The Labute approximate surface area is 90.1 Å². The highest BCUT2D eigenvalue weighted by Crippen LogP contribution is 2.44. The Morgan fingerprint density at radius 3 is 2.40 bits per heavy atom. The molecule has 2 bridgehead atoms. The number of fused-ring (bicyclic) bond motifs is 2. The van der Waals surface area contributed by atoms with Crippen molar-refractivity contribution in [1.29, 1.82) is 0 Å². The number of aliphatic hydroxyl groups excluding tert-OH is 1.